The van der Waals surface area contributed by atoms with Crippen molar-refractivity contribution in [2.45, 2.75) is 26.3 Å². The van der Waals surface area contributed by atoms with Crippen molar-refractivity contribution in [2.75, 3.05) is 13.2 Å². The van der Waals surface area contributed by atoms with Crippen LogP contribution < -0.4 is 5.32 Å². The topological polar surface area (TPSA) is 71.8 Å². The fourth-order valence-corrected chi connectivity index (χ4v) is 2.23. The Labute approximate surface area is 119 Å². The second-order valence-corrected chi connectivity index (χ2v) is 5.68. The molecule has 0 aliphatic carbocycles. The van der Waals surface area contributed by atoms with Gasteiger partial charge in [-0.2, -0.15) is 5.26 Å². The first-order valence-electron chi connectivity index (χ1n) is 6.88. The molecule has 4 nitrogen and oxygen atoms in total. The second-order valence-electron chi connectivity index (χ2n) is 5.68. The Kier molecular flexibility index (Phi) is 4.43. The summed E-state index contributed by atoms with van der Waals surface area (Å²) in [7, 11) is 0. The van der Waals surface area contributed by atoms with Gasteiger partial charge in [-0.25, -0.2) is 0 Å². The van der Waals surface area contributed by atoms with E-state index in [0.717, 1.165) is 11.9 Å². The fourth-order valence-electron chi connectivity index (χ4n) is 2.23. The van der Waals surface area contributed by atoms with E-state index in [1.165, 1.54) is 10.9 Å². The number of aromatic amines is 1. The smallest absolute Gasteiger partial charge is 0.0899 e. The summed E-state index contributed by atoms with van der Waals surface area (Å²) < 4.78 is 0. The Bertz CT molecular complexity index is 613. The van der Waals surface area contributed by atoms with Crippen LogP contribution in [0.1, 0.15) is 19.4 Å². The number of aliphatic hydroxyl groups is 1. The van der Waals surface area contributed by atoms with Crippen LogP contribution in [0, 0.1) is 16.7 Å². The third kappa shape index (κ3) is 3.19. The highest BCUT2D eigenvalue weighted by Crippen LogP contribution is 2.19. The lowest BCUT2D eigenvalue weighted by Gasteiger charge is -2.22. The Morgan fingerprint density at radius 3 is 2.90 bits per heavy atom. The number of nitriles is 1. The first-order valence-corrected chi connectivity index (χ1v) is 6.88. The molecular formula is C16H21N3O. The Hall–Kier alpha value is -1.83. The molecule has 0 saturated carbocycles. The molecule has 1 unspecified atom stereocenters. The van der Waals surface area contributed by atoms with Gasteiger partial charge < -0.3 is 15.4 Å². The van der Waals surface area contributed by atoms with E-state index >= 15 is 0 Å². The zero-order chi connectivity index (χ0) is 14.6. The molecule has 0 aliphatic heterocycles. The molecule has 0 aliphatic rings. The van der Waals surface area contributed by atoms with E-state index in [1.807, 2.05) is 18.3 Å². The Morgan fingerprint density at radius 2 is 2.20 bits per heavy atom. The maximum atomic E-state index is 9.23. The standard InChI is InChI=1S/C16H21N3O/c1-12(19-10-16(2,9-17)11-20)7-13-8-18-15-6-4-3-5-14(13)15/h3-6,8,12,18-20H,7,10-11H2,1-2H3/t12-,16?/m1/s1. The van der Waals surface area contributed by atoms with Crippen molar-refractivity contribution in [1.82, 2.24) is 10.3 Å². The van der Waals surface area contributed by atoms with Crippen molar-refractivity contribution in [2.24, 2.45) is 5.41 Å². The molecule has 0 spiro atoms. The Balaban J connectivity index is 1.98. The zero-order valence-corrected chi connectivity index (χ0v) is 12.0. The molecule has 1 aromatic heterocycles. The molecule has 2 rings (SSSR count). The summed E-state index contributed by atoms with van der Waals surface area (Å²) in [4.78, 5) is 3.27. The summed E-state index contributed by atoms with van der Waals surface area (Å²) in [5.74, 6) is 0. The van der Waals surface area contributed by atoms with Crippen molar-refractivity contribution in [3.63, 3.8) is 0 Å². The van der Waals surface area contributed by atoms with Gasteiger partial charge in [-0.3, -0.25) is 0 Å². The van der Waals surface area contributed by atoms with Crippen molar-refractivity contribution >= 4 is 10.9 Å². The molecular weight excluding hydrogens is 250 g/mol. The quantitative estimate of drug-likeness (QED) is 0.754. The van der Waals surface area contributed by atoms with Gasteiger partial charge in [-0.1, -0.05) is 18.2 Å². The van der Waals surface area contributed by atoms with Crippen LogP contribution in [0.5, 0.6) is 0 Å². The molecule has 3 N–H and O–H groups in total. The van der Waals surface area contributed by atoms with Gasteiger partial charge in [0.15, 0.2) is 0 Å². The number of fused-ring (bicyclic) bond motifs is 1. The molecule has 20 heavy (non-hydrogen) atoms. The summed E-state index contributed by atoms with van der Waals surface area (Å²) >= 11 is 0. The number of aromatic nitrogens is 1. The van der Waals surface area contributed by atoms with Gasteiger partial charge in [-0.05, 0) is 31.9 Å². The molecule has 1 heterocycles. The van der Waals surface area contributed by atoms with Gasteiger partial charge in [0.05, 0.1) is 18.1 Å². The molecule has 0 radical (unpaired) electrons. The summed E-state index contributed by atoms with van der Waals surface area (Å²) in [6.07, 6.45) is 2.93. The predicted octanol–water partition coefficient (Wildman–Crippen LogP) is 2.21. The SMILES string of the molecule is C[C@H](Cc1c[nH]c2ccccc12)NCC(C)(C#N)CO. The molecule has 0 bridgehead atoms. The number of para-hydroxylation sites is 1. The highest BCUT2D eigenvalue weighted by Gasteiger charge is 2.23. The minimum atomic E-state index is -0.714. The van der Waals surface area contributed by atoms with Crippen molar-refractivity contribution in [3.8, 4) is 6.07 Å². The van der Waals surface area contributed by atoms with Crippen molar-refractivity contribution in [3.05, 3.63) is 36.0 Å². The number of hydrogen-bond donors (Lipinski definition) is 3. The summed E-state index contributed by atoms with van der Waals surface area (Å²) in [6, 6.07) is 10.6. The van der Waals surface area contributed by atoms with Gasteiger partial charge in [0.1, 0.15) is 0 Å². The van der Waals surface area contributed by atoms with E-state index in [2.05, 4.69) is 35.4 Å². The lowest BCUT2D eigenvalue weighted by Crippen LogP contribution is -2.39. The van der Waals surface area contributed by atoms with E-state index in [1.54, 1.807) is 6.92 Å². The third-order valence-electron chi connectivity index (χ3n) is 3.66. The van der Waals surface area contributed by atoms with E-state index in [9.17, 15) is 5.11 Å². The summed E-state index contributed by atoms with van der Waals surface area (Å²) in [6.45, 7) is 4.22. The molecule has 4 heteroatoms. The van der Waals surface area contributed by atoms with Crippen LogP contribution >= 0.6 is 0 Å². The van der Waals surface area contributed by atoms with Gasteiger partial charge in [0.25, 0.3) is 0 Å². The highest BCUT2D eigenvalue weighted by molar-refractivity contribution is 5.83. The van der Waals surface area contributed by atoms with Crippen LogP contribution in [0.15, 0.2) is 30.5 Å². The van der Waals surface area contributed by atoms with Gasteiger partial charge in [0.2, 0.25) is 0 Å². The molecule has 0 saturated heterocycles. The normalized spacial score (nSPS) is 15.7. The monoisotopic (exact) mass is 271 g/mol. The number of H-pyrrole nitrogens is 1. The fraction of sp³-hybridized carbons (Fsp3) is 0.438. The van der Waals surface area contributed by atoms with Crippen LogP contribution in [-0.2, 0) is 6.42 Å². The molecule has 0 amide bonds. The second kappa shape index (κ2) is 6.08. The number of aliphatic hydroxyl groups excluding tert-OH is 1. The van der Waals surface area contributed by atoms with E-state index < -0.39 is 5.41 Å². The van der Waals surface area contributed by atoms with Crippen molar-refractivity contribution in [1.29, 1.82) is 5.26 Å². The molecule has 106 valence electrons. The molecule has 0 fully saturated rings. The summed E-state index contributed by atoms with van der Waals surface area (Å²) in [5.41, 5.74) is 1.70. The molecule has 1 aromatic carbocycles. The lowest BCUT2D eigenvalue weighted by molar-refractivity contribution is 0.183. The first-order chi connectivity index (χ1) is 9.58. The van der Waals surface area contributed by atoms with Crippen LogP contribution in [0.4, 0.5) is 0 Å². The van der Waals surface area contributed by atoms with E-state index in [4.69, 9.17) is 5.26 Å². The number of nitrogens with one attached hydrogen (secondary N) is 2. The van der Waals surface area contributed by atoms with Gasteiger partial charge in [-0.15, -0.1) is 0 Å². The predicted molar refractivity (Wildman–Crippen MR) is 80.3 cm³/mol. The van der Waals surface area contributed by atoms with Gasteiger partial charge >= 0.3 is 0 Å². The highest BCUT2D eigenvalue weighted by atomic mass is 16.3. The van der Waals surface area contributed by atoms with E-state index in [0.29, 0.717) is 6.54 Å². The molecule has 2 atom stereocenters. The maximum Gasteiger partial charge on any atom is 0.0899 e. The number of nitrogens with zero attached hydrogens (tertiary/aromatic N) is 1. The largest absolute Gasteiger partial charge is 0.395 e. The third-order valence-corrected chi connectivity index (χ3v) is 3.66. The van der Waals surface area contributed by atoms with Crippen LogP contribution in [-0.4, -0.2) is 29.3 Å². The van der Waals surface area contributed by atoms with Crippen LogP contribution in [0.25, 0.3) is 10.9 Å². The average molecular weight is 271 g/mol. The number of hydrogen-bond acceptors (Lipinski definition) is 3. The zero-order valence-electron chi connectivity index (χ0n) is 12.0. The molecule has 2 aromatic rings. The maximum absolute atomic E-state index is 9.23. The number of rotatable bonds is 6. The summed E-state index contributed by atoms with van der Waals surface area (Å²) in [5, 5.41) is 22.8. The van der Waals surface area contributed by atoms with Crippen LogP contribution in [0.2, 0.25) is 0 Å². The number of benzene rings is 1. The van der Waals surface area contributed by atoms with Crippen LogP contribution in [0.3, 0.4) is 0 Å². The average Bonchev–Trinajstić information content (AvgIpc) is 2.88. The first kappa shape index (κ1) is 14.6. The minimum absolute atomic E-state index is 0.129. The Morgan fingerprint density at radius 1 is 1.45 bits per heavy atom. The lowest BCUT2D eigenvalue weighted by atomic mass is 9.93. The van der Waals surface area contributed by atoms with Crippen molar-refractivity contribution < 1.29 is 5.11 Å². The van der Waals surface area contributed by atoms with E-state index in [-0.39, 0.29) is 12.6 Å². The van der Waals surface area contributed by atoms with Gasteiger partial charge in [0, 0.05) is 29.7 Å². The minimum Gasteiger partial charge on any atom is -0.395 e.